The van der Waals surface area contributed by atoms with Gasteiger partial charge in [0.15, 0.2) is 0 Å². The fourth-order valence-electron chi connectivity index (χ4n) is 2.65. The van der Waals surface area contributed by atoms with Crippen LogP contribution in [0.15, 0.2) is 29.3 Å². The second-order valence-electron chi connectivity index (χ2n) is 4.54. The molecule has 0 fully saturated rings. The molecule has 1 aliphatic rings. The van der Waals surface area contributed by atoms with Gasteiger partial charge in [0.1, 0.15) is 5.65 Å². The molecule has 1 N–H and O–H groups in total. The van der Waals surface area contributed by atoms with E-state index >= 15 is 0 Å². The number of aryl methyl sites for hydroxylation is 1. The SMILES string of the molecule is CSc1ccnc2c1cc1n2CCC/C1=C\C(=O)O. The minimum absolute atomic E-state index is 0.817. The van der Waals surface area contributed by atoms with Gasteiger partial charge in [-0.15, -0.1) is 11.8 Å². The predicted octanol–water partition coefficient (Wildman–Crippen LogP) is 3.02. The van der Waals surface area contributed by atoms with Crippen LogP contribution in [0.5, 0.6) is 0 Å². The van der Waals surface area contributed by atoms with Crippen LogP contribution in [-0.4, -0.2) is 26.9 Å². The van der Waals surface area contributed by atoms with Crippen molar-refractivity contribution in [2.24, 2.45) is 0 Å². The Labute approximate surface area is 115 Å². The summed E-state index contributed by atoms with van der Waals surface area (Å²) in [5.74, 6) is -0.883. The highest BCUT2D eigenvalue weighted by Gasteiger charge is 2.19. The van der Waals surface area contributed by atoms with Crippen LogP contribution in [0.3, 0.4) is 0 Å². The van der Waals surface area contributed by atoms with E-state index in [1.165, 1.54) is 11.0 Å². The summed E-state index contributed by atoms with van der Waals surface area (Å²) >= 11 is 1.69. The minimum Gasteiger partial charge on any atom is -0.478 e. The van der Waals surface area contributed by atoms with Gasteiger partial charge in [-0.25, -0.2) is 9.78 Å². The van der Waals surface area contributed by atoms with Crippen LogP contribution in [-0.2, 0) is 11.3 Å². The highest BCUT2D eigenvalue weighted by Crippen LogP contribution is 2.34. The molecule has 4 nitrogen and oxygen atoms in total. The molecule has 0 saturated heterocycles. The summed E-state index contributed by atoms with van der Waals surface area (Å²) in [4.78, 5) is 16.5. The number of pyridine rings is 1. The molecule has 0 aliphatic carbocycles. The van der Waals surface area contributed by atoms with Crippen molar-refractivity contribution in [3.05, 3.63) is 30.1 Å². The third-order valence-corrected chi connectivity index (χ3v) is 4.23. The number of aromatic nitrogens is 2. The van der Waals surface area contributed by atoms with Crippen LogP contribution in [0.1, 0.15) is 18.5 Å². The van der Waals surface area contributed by atoms with Crippen molar-refractivity contribution in [1.29, 1.82) is 0 Å². The number of carboxylic acid groups (broad SMARTS) is 1. The Morgan fingerprint density at radius 3 is 3.16 bits per heavy atom. The van der Waals surface area contributed by atoms with Crippen LogP contribution < -0.4 is 0 Å². The van der Waals surface area contributed by atoms with Crippen molar-refractivity contribution in [3.63, 3.8) is 0 Å². The summed E-state index contributed by atoms with van der Waals surface area (Å²) in [6, 6.07) is 4.07. The molecule has 1 aliphatic heterocycles. The standard InChI is InChI=1S/C14H14N2O2S/c1-19-12-4-5-15-14-10(12)8-11-9(7-13(17)18)3-2-6-16(11)14/h4-5,7-8H,2-3,6H2,1H3,(H,17,18)/b9-7+. The van der Waals surface area contributed by atoms with Crippen molar-refractivity contribution in [2.45, 2.75) is 24.3 Å². The Morgan fingerprint density at radius 2 is 2.42 bits per heavy atom. The van der Waals surface area contributed by atoms with Crippen LogP contribution in [0.4, 0.5) is 0 Å². The van der Waals surface area contributed by atoms with E-state index in [1.807, 2.05) is 18.5 Å². The third-order valence-electron chi connectivity index (χ3n) is 3.43. The minimum atomic E-state index is -0.883. The lowest BCUT2D eigenvalue weighted by molar-refractivity contribution is -0.131. The van der Waals surface area contributed by atoms with E-state index in [0.29, 0.717) is 0 Å². The van der Waals surface area contributed by atoms with Gasteiger partial charge in [-0.2, -0.15) is 0 Å². The zero-order valence-electron chi connectivity index (χ0n) is 10.6. The fraction of sp³-hybridized carbons (Fsp3) is 0.286. The van der Waals surface area contributed by atoms with E-state index in [2.05, 4.69) is 15.6 Å². The molecule has 0 unspecified atom stereocenters. The number of aliphatic carboxylic acids is 1. The van der Waals surface area contributed by atoms with E-state index < -0.39 is 5.97 Å². The average molecular weight is 274 g/mol. The van der Waals surface area contributed by atoms with Gasteiger partial charge in [-0.05, 0) is 36.8 Å². The summed E-state index contributed by atoms with van der Waals surface area (Å²) in [7, 11) is 0. The lowest BCUT2D eigenvalue weighted by Crippen LogP contribution is -2.10. The summed E-state index contributed by atoms with van der Waals surface area (Å²) in [5, 5.41) is 10.1. The van der Waals surface area contributed by atoms with Gasteiger partial charge in [0, 0.05) is 34.8 Å². The van der Waals surface area contributed by atoms with Gasteiger partial charge in [0.05, 0.1) is 0 Å². The number of hydrogen-bond acceptors (Lipinski definition) is 3. The number of carbonyl (C=O) groups is 1. The molecule has 0 atom stereocenters. The van der Waals surface area contributed by atoms with E-state index in [9.17, 15) is 4.79 Å². The normalized spacial score (nSPS) is 16.8. The molecule has 19 heavy (non-hydrogen) atoms. The molecule has 0 aromatic carbocycles. The number of allylic oxidation sites excluding steroid dienone is 1. The van der Waals surface area contributed by atoms with Gasteiger partial charge >= 0.3 is 5.97 Å². The number of fused-ring (bicyclic) bond motifs is 3. The predicted molar refractivity (Wildman–Crippen MR) is 76.4 cm³/mol. The Hall–Kier alpha value is -1.75. The molecule has 2 aromatic rings. The largest absolute Gasteiger partial charge is 0.478 e. The molecule has 2 aromatic heterocycles. The number of carboxylic acids is 1. The number of nitrogens with zero attached hydrogens (tertiary/aromatic N) is 2. The van der Waals surface area contributed by atoms with Crippen molar-refractivity contribution in [1.82, 2.24) is 9.55 Å². The quantitative estimate of drug-likeness (QED) is 0.675. The monoisotopic (exact) mass is 274 g/mol. The van der Waals surface area contributed by atoms with Gasteiger partial charge in [0.25, 0.3) is 0 Å². The lowest BCUT2D eigenvalue weighted by Gasteiger charge is -2.18. The number of thioether (sulfide) groups is 1. The van der Waals surface area contributed by atoms with Gasteiger partial charge in [-0.1, -0.05) is 0 Å². The highest BCUT2D eigenvalue weighted by molar-refractivity contribution is 7.98. The summed E-state index contributed by atoms with van der Waals surface area (Å²) in [6.07, 6.45) is 6.96. The average Bonchev–Trinajstić information content (AvgIpc) is 2.78. The molecule has 3 heterocycles. The van der Waals surface area contributed by atoms with Crippen LogP contribution in [0.25, 0.3) is 16.6 Å². The van der Waals surface area contributed by atoms with Crippen LogP contribution in [0, 0.1) is 0 Å². The number of rotatable bonds is 2. The molecule has 0 spiro atoms. The Kier molecular flexibility index (Phi) is 3.06. The first-order chi connectivity index (χ1) is 9.20. The summed E-state index contributed by atoms with van der Waals surface area (Å²) < 4.78 is 2.13. The highest BCUT2D eigenvalue weighted by atomic mass is 32.2. The smallest absolute Gasteiger partial charge is 0.328 e. The van der Waals surface area contributed by atoms with Crippen molar-refractivity contribution >= 4 is 34.3 Å². The molecule has 0 amide bonds. The first-order valence-corrected chi connectivity index (χ1v) is 7.39. The molecular weight excluding hydrogens is 260 g/mol. The zero-order chi connectivity index (χ0) is 13.4. The molecular formula is C14H14N2O2S. The maximum atomic E-state index is 10.9. The van der Waals surface area contributed by atoms with Crippen LogP contribution >= 0.6 is 11.8 Å². The Bertz CT molecular complexity index is 688. The Balaban J connectivity index is 2.26. The maximum Gasteiger partial charge on any atom is 0.328 e. The van der Waals surface area contributed by atoms with Gasteiger partial charge in [-0.3, -0.25) is 0 Å². The van der Waals surface area contributed by atoms with Crippen molar-refractivity contribution in [2.75, 3.05) is 6.26 Å². The van der Waals surface area contributed by atoms with E-state index in [1.54, 1.807) is 11.8 Å². The van der Waals surface area contributed by atoms with E-state index in [0.717, 1.165) is 41.7 Å². The maximum absolute atomic E-state index is 10.9. The summed E-state index contributed by atoms with van der Waals surface area (Å²) in [6.45, 7) is 0.903. The first kappa shape index (κ1) is 12.3. The summed E-state index contributed by atoms with van der Waals surface area (Å²) in [5.41, 5.74) is 2.85. The number of hydrogen-bond donors (Lipinski definition) is 1. The molecule has 3 rings (SSSR count). The molecule has 0 bridgehead atoms. The molecule has 5 heteroatoms. The Morgan fingerprint density at radius 1 is 1.58 bits per heavy atom. The van der Waals surface area contributed by atoms with E-state index in [4.69, 9.17) is 5.11 Å². The van der Waals surface area contributed by atoms with Crippen LogP contribution in [0.2, 0.25) is 0 Å². The van der Waals surface area contributed by atoms with Gasteiger partial charge in [0.2, 0.25) is 0 Å². The fourth-order valence-corrected chi connectivity index (χ4v) is 3.21. The van der Waals surface area contributed by atoms with Crippen molar-refractivity contribution < 1.29 is 9.90 Å². The van der Waals surface area contributed by atoms with Gasteiger partial charge < -0.3 is 9.67 Å². The molecule has 98 valence electrons. The van der Waals surface area contributed by atoms with Crippen molar-refractivity contribution in [3.8, 4) is 0 Å². The lowest BCUT2D eigenvalue weighted by atomic mass is 10.0. The topological polar surface area (TPSA) is 55.1 Å². The molecule has 0 saturated carbocycles. The van der Waals surface area contributed by atoms with E-state index in [-0.39, 0.29) is 0 Å². The zero-order valence-corrected chi connectivity index (χ0v) is 11.4. The third kappa shape index (κ3) is 2.04. The first-order valence-electron chi connectivity index (χ1n) is 6.17. The molecule has 0 radical (unpaired) electrons. The second-order valence-corrected chi connectivity index (χ2v) is 5.39. The second kappa shape index (κ2) is 4.74.